The smallest absolute Gasteiger partial charge is 0.269 e. The summed E-state index contributed by atoms with van der Waals surface area (Å²) in [6.07, 6.45) is 0.615. The Kier molecular flexibility index (Phi) is 6.66. The van der Waals surface area contributed by atoms with Crippen LogP contribution in [0.4, 0.5) is 17.1 Å². The fraction of sp³-hybridized carbons (Fsp3) is 0.125. The van der Waals surface area contributed by atoms with E-state index in [-0.39, 0.29) is 29.7 Å². The highest BCUT2D eigenvalue weighted by Crippen LogP contribution is 2.48. The number of Topliss-reactive ketones (excluding diaryl/α,β-unsaturated/α-hetero) is 1. The van der Waals surface area contributed by atoms with Gasteiger partial charge in [-0.1, -0.05) is 66.2 Å². The molecule has 1 N–H and O–H groups in total. The van der Waals surface area contributed by atoms with Gasteiger partial charge in [0.25, 0.3) is 11.6 Å². The average Bonchev–Trinajstić information content (AvgIpc) is 3.12. The van der Waals surface area contributed by atoms with Crippen LogP contribution in [0, 0.1) is 10.1 Å². The SMILES string of the molecule is O=C1CC(c2cccc([N+](=O)[O-])c2)CC2=C1C(c1ccc(Cl)cc1)N(C(=O)c1ccccc1)c1ccccc1N2. The first-order chi connectivity index (χ1) is 19.4. The third kappa shape index (κ3) is 4.65. The van der Waals surface area contributed by atoms with Crippen molar-refractivity contribution in [3.05, 3.63) is 146 Å². The lowest BCUT2D eigenvalue weighted by molar-refractivity contribution is -0.384. The Hall–Kier alpha value is -4.75. The van der Waals surface area contributed by atoms with Crippen LogP contribution >= 0.6 is 11.6 Å². The van der Waals surface area contributed by atoms with Gasteiger partial charge in [0.2, 0.25) is 0 Å². The van der Waals surface area contributed by atoms with Gasteiger partial charge in [0.15, 0.2) is 5.78 Å². The maximum atomic E-state index is 14.2. The molecule has 2 aliphatic rings. The molecule has 1 amide bonds. The van der Waals surface area contributed by atoms with Gasteiger partial charge in [-0.15, -0.1) is 0 Å². The highest BCUT2D eigenvalue weighted by Gasteiger charge is 2.42. The van der Waals surface area contributed by atoms with Crippen LogP contribution in [-0.4, -0.2) is 16.6 Å². The van der Waals surface area contributed by atoms with Crippen molar-refractivity contribution in [1.82, 2.24) is 0 Å². The molecular weight excluding hydrogens is 526 g/mol. The van der Waals surface area contributed by atoms with Gasteiger partial charge >= 0.3 is 0 Å². The van der Waals surface area contributed by atoms with E-state index < -0.39 is 11.0 Å². The van der Waals surface area contributed by atoms with Crippen molar-refractivity contribution in [1.29, 1.82) is 0 Å². The molecular formula is C32H24ClN3O4. The van der Waals surface area contributed by atoms with E-state index in [4.69, 9.17) is 11.6 Å². The zero-order valence-corrected chi connectivity index (χ0v) is 22.0. The van der Waals surface area contributed by atoms with Gasteiger partial charge in [0.05, 0.1) is 22.3 Å². The summed E-state index contributed by atoms with van der Waals surface area (Å²) in [6.45, 7) is 0. The Balaban J connectivity index is 1.54. The van der Waals surface area contributed by atoms with Crippen molar-refractivity contribution in [3.8, 4) is 0 Å². The number of para-hydroxylation sites is 2. The maximum Gasteiger partial charge on any atom is 0.269 e. The first kappa shape index (κ1) is 25.5. The fourth-order valence-electron chi connectivity index (χ4n) is 5.62. The van der Waals surface area contributed by atoms with Crippen LogP contribution in [0.2, 0.25) is 5.02 Å². The van der Waals surface area contributed by atoms with E-state index in [0.717, 1.165) is 11.1 Å². The molecule has 2 unspecified atom stereocenters. The number of anilines is 2. The molecule has 0 radical (unpaired) electrons. The zero-order valence-electron chi connectivity index (χ0n) is 21.3. The number of nitrogens with one attached hydrogen (secondary N) is 1. The number of benzene rings is 4. The quantitative estimate of drug-likeness (QED) is 0.211. The lowest BCUT2D eigenvalue weighted by Gasteiger charge is -2.35. The predicted octanol–water partition coefficient (Wildman–Crippen LogP) is 7.46. The van der Waals surface area contributed by atoms with E-state index >= 15 is 0 Å². The molecule has 0 spiro atoms. The summed E-state index contributed by atoms with van der Waals surface area (Å²) in [5.41, 5.74) is 4.51. The summed E-state index contributed by atoms with van der Waals surface area (Å²) in [7, 11) is 0. The number of halogens is 1. The Morgan fingerprint density at radius 3 is 2.35 bits per heavy atom. The number of allylic oxidation sites excluding steroid dienone is 1. The topological polar surface area (TPSA) is 92.5 Å². The molecule has 8 heteroatoms. The van der Waals surface area contributed by atoms with Gasteiger partial charge in [-0.25, -0.2) is 0 Å². The number of non-ortho nitro benzene ring substituents is 1. The molecule has 1 aliphatic heterocycles. The lowest BCUT2D eigenvalue weighted by Crippen LogP contribution is -2.38. The largest absolute Gasteiger partial charge is 0.357 e. The number of carbonyl (C=O) groups excluding carboxylic acids is 2. The molecule has 0 saturated carbocycles. The zero-order chi connectivity index (χ0) is 27.8. The number of carbonyl (C=O) groups is 2. The third-order valence-electron chi connectivity index (χ3n) is 7.47. The first-order valence-corrected chi connectivity index (χ1v) is 13.3. The maximum absolute atomic E-state index is 14.2. The highest BCUT2D eigenvalue weighted by atomic mass is 35.5. The van der Waals surface area contributed by atoms with Crippen molar-refractivity contribution in [3.63, 3.8) is 0 Å². The molecule has 1 aliphatic carbocycles. The van der Waals surface area contributed by atoms with Crippen molar-refractivity contribution in [2.75, 3.05) is 10.2 Å². The molecule has 40 heavy (non-hydrogen) atoms. The molecule has 4 aromatic rings. The van der Waals surface area contributed by atoms with Crippen molar-refractivity contribution in [2.24, 2.45) is 0 Å². The summed E-state index contributed by atoms with van der Waals surface area (Å²) >= 11 is 6.23. The molecule has 0 fully saturated rings. The van der Waals surface area contributed by atoms with Crippen LogP contribution in [0.25, 0.3) is 0 Å². The number of rotatable bonds is 4. The fourth-order valence-corrected chi connectivity index (χ4v) is 5.75. The first-order valence-electron chi connectivity index (χ1n) is 12.9. The number of hydrogen-bond acceptors (Lipinski definition) is 5. The van der Waals surface area contributed by atoms with E-state index in [1.165, 1.54) is 12.1 Å². The normalized spacial score (nSPS) is 18.3. The third-order valence-corrected chi connectivity index (χ3v) is 7.72. The van der Waals surface area contributed by atoms with Gasteiger partial charge in [-0.3, -0.25) is 24.6 Å². The van der Waals surface area contributed by atoms with Gasteiger partial charge < -0.3 is 5.32 Å². The minimum absolute atomic E-state index is 0.0115. The predicted molar refractivity (Wildman–Crippen MR) is 155 cm³/mol. The molecule has 0 aromatic heterocycles. The summed E-state index contributed by atoms with van der Waals surface area (Å²) in [4.78, 5) is 41.0. The van der Waals surface area contributed by atoms with Crippen LogP contribution in [0.3, 0.4) is 0 Å². The number of amides is 1. The number of nitrogens with zero attached hydrogens (tertiary/aromatic N) is 2. The van der Waals surface area contributed by atoms with Crippen LogP contribution in [0.15, 0.2) is 114 Å². The van der Waals surface area contributed by atoms with Crippen LogP contribution < -0.4 is 10.2 Å². The van der Waals surface area contributed by atoms with Gasteiger partial charge in [0.1, 0.15) is 0 Å². The average molecular weight is 550 g/mol. The summed E-state index contributed by atoms with van der Waals surface area (Å²) in [5.74, 6) is -0.617. The Morgan fingerprint density at radius 1 is 0.875 bits per heavy atom. The molecule has 7 nitrogen and oxygen atoms in total. The number of fused-ring (bicyclic) bond motifs is 1. The second kappa shape index (κ2) is 10.4. The molecule has 4 aromatic carbocycles. The van der Waals surface area contributed by atoms with Crippen molar-refractivity contribution >= 4 is 40.4 Å². The van der Waals surface area contributed by atoms with Crippen LogP contribution in [0.5, 0.6) is 0 Å². The Morgan fingerprint density at radius 2 is 1.60 bits per heavy atom. The number of hydrogen-bond donors (Lipinski definition) is 1. The van der Waals surface area contributed by atoms with Crippen LogP contribution in [0.1, 0.15) is 46.3 Å². The Labute approximate surface area is 235 Å². The molecule has 198 valence electrons. The van der Waals surface area contributed by atoms with E-state index in [9.17, 15) is 19.7 Å². The number of nitro groups is 1. The minimum Gasteiger partial charge on any atom is -0.357 e. The van der Waals surface area contributed by atoms with Crippen LogP contribution in [-0.2, 0) is 4.79 Å². The van der Waals surface area contributed by atoms with Gasteiger partial charge in [0, 0.05) is 40.4 Å². The lowest BCUT2D eigenvalue weighted by atomic mass is 9.78. The second-order valence-corrected chi connectivity index (χ2v) is 10.3. The second-order valence-electron chi connectivity index (χ2n) is 9.91. The molecule has 0 bridgehead atoms. The summed E-state index contributed by atoms with van der Waals surface area (Å²) in [5, 5.41) is 15.5. The van der Waals surface area contributed by atoms with Crippen molar-refractivity contribution < 1.29 is 14.5 Å². The molecule has 2 atom stereocenters. The van der Waals surface area contributed by atoms with E-state index in [2.05, 4.69) is 5.32 Å². The van der Waals surface area contributed by atoms with Gasteiger partial charge in [-0.2, -0.15) is 0 Å². The standard InChI is InChI=1S/C32H24ClN3O4/c33-24-15-13-20(14-16-24)31-30-27(18-23(19-29(30)37)22-9-6-10-25(17-22)36(39)40)34-26-11-4-5-12-28(26)35(31)32(38)21-7-2-1-3-8-21/h1-17,23,31,34H,18-19H2. The highest BCUT2D eigenvalue weighted by molar-refractivity contribution is 6.30. The Bertz CT molecular complexity index is 1670. The van der Waals surface area contributed by atoms with E-state index in [1.807, 2.05) is 60.7 Å². The summed E-state index contributed by atoms with van der Waals surface area (Å²) in [6, 6.07) is 29.4. The molecule has 6 rings (SSSR count). The molecule has 0 saturated heterocycles. The molecule has 1 heterocycles. The number of ketones is 1. The monoisotopic (exact) mass is 549 g/mol. The number of nitro benzene ring substituents is 1. The summed E-state index contributed by atoms with van der Waals surface area (Å²) < 4.78 is 0. The van der Waals surface area contributed by atoms with E-state index in [0.29, 0.717) is 39.7 Å². The van der Waals surface area contributed by atoms with Gasteiger partial charge in [-0.05, 0) is 59.9 Å². The van der Waals surface area contributed by atoms with E-state index in [1.54, 1.807) is 35.2 Å². The van der Waals surface area contributed by atoms with Crippen molar-refractivity contribution in [2.45, 2.75) is 24.8 Å². The minimum atomic E-state index is -0.713.